The van der Waals surface area contributed by atoms with Gasteiger partial charge in [-0.2, -0.15) is 8.42 Å². The third kappa shape index (κ3) is 4.43. The van der Waals surface area contributed by atoms with Gasteiger partial charge in [-0.15, -0.1) is 0 Å². The van der Waals surface area contributed by atoms with Gasteiger partial charge in [0.15, 0.2) is 10.8 Å². The number of anilines is 2. The van der Waals surface area contributed by atoms with E-state index in [1.807, 2.05) is 23.5 Å². The first-order chi connectivity index (χ1) is 13.5. The average Bonchev–Trinajstić information content (AvgIpc) is 2.93. The number of hydrogen-bond acceptors (Lipinski definition) is 7. The first-order valence-corrected chi connectivity index (χ1v) is 10.7. The highest BCUT2D eigenvalue weighted by molar-refractivity contribution is 7.90. The number of nitrogens with one attached hydrogen (secondary N) is 1. The number of carbonyl (C=O) groups excluding carboxylic acids is 1. The average molecular weight is 442 g/mol. The third-order valence-electron chi connectivity index (χ3n) is 4.74. The van der Waals surface area contributed by atoms with Crippen molar-refractivity contribution in [1.29, 1.82) is 0 Å². The molecule has 0 aromatic carbocycles. The third-order valence-corrected chi connectivity index (χ3v) is 6.15. The van der Waals surface area contributed by atoms with Gasteiger partial charge in [-0.3, -0.25) is 4.79 Å². The maximum Gasteiger partial charge on any atom is 0.281 e. The zero-order valence-electron chi connectivity index (χ0n) is 16.1. The van der Waals surface area contributed by atoms with E-state index in [1.165, 1.54) is 18.2 Å². The van der Waals surface area contributed by atoms with Crippen LogP contribution in [0.5, 0.6) is 0 Å². The fraction of sp³-hybridized carbons (Fsp3) is 0.389. The van der Waals surface area contributed by atoms with Gasteiger partial charge in [0, 0.05) is 30.1 Å². The van der Waals surface area contributed by atoms with Crippen LogP contribution in [0.2, 0.25) is 0 Å². The molecule has 0 bridgehead atoms. The number of halogens is 2. The molecule has 3 heterocycles. The quantitative estimate of drug-likeness (QED) is 0.712. The van der Waals surface area contributed by atoms with Crippen LogP contribution in [0.15, 0.2) is 41.6 Å². The Hall–Kier alpha value is -2.46. The van der Waals surface area contributed by atoms with Gasteiger partial charge in [0.1, 0.15) is 5.82 Å². The van der Waals surface area contributed by atoms with Crippen molar-refractivity contribution in [2.24, 2.45) is 5.92 Å². The largest absolute Gasteiger partial charge is 0.351 e. The summed E-state index contributed by atoms with van der Waals surface area (Å²) in [7, 11) is -4.35. The van der Waals surface area contributed by atoms with Crippen LogP contribution in [0.1, 0.15) is 37.6 Å². The molecule has 156 valence electrons. The van der Waals surface area contributed by atoms with Gasteiger partial charge in [0.2, 0.25) is 0 Å². The van der Waals surface area contributed by atoms with Crippen molar-refractivity contribution in [3.8, 4) is 0 Å². The van der Waals surface area contributed by atoms with Gasteiger partial charge in [-0.1, -0.05) is 22.1 Å². The van der Waals surface area contributed by atoms with Crippen LogP contribution in [-0.4, -0.2) is 36.4 Å². The fourth-order valence-electron chi connectivity index (χ4n) is 3.63. The summed E-state index contributed by atoms with van der Waals surface area (Å²) in [4.78, 5) is 22.8. The van der Waals surface area contributed by atoms with E-state index < -0.39 is 26.8 Å². The van der Waals surface area contributed by atoms with E-state index in [9.17, 15) is 17.7 Å². The van der Waals surface area contributed by atoms with Crippen molar-refractivity contribution in [3.63, 3.8) is 0 Å². The Labute approximate surface area is 173 Å². The van der Waals surface area contributed by atoms with Gasteiger partial charge in [-0.25, -0.2) is 14.7 Å². The van der Waals surface area contributed by atoms with Crippen molar-refractivity contribution in [2.75, 3.05) is 16.1 Å². The minimum atomic E-state index is -4.35. The molecule has 0 radical (unpaired) electrons. The molecule has 8 nitrogen and oxygen atoms in total. The molecule has 1 aliphatic rings. The second-order valence-electron chi connectivity index (χ2n) is 7.61. The molecule has 0 aliphatic carbocycles. The number of aromatic nitrogens is 2. The molecule has 0 saturated carbocycles. The summed E-state index contributed by atoms with van der Waals surface area (Å²) in [5, 5.41) is -0.535. The Bertz CT molecular complexity index is 1030. The molecule has 1 saturated heterocycles. The summed E-state index contributed by atoms with van der Waals surface area (Å²) in [6.45, 7) is 6.91. The van der Waals surface area contributed by atoms with E-state index >= 15 is 0 Å². The summed E-state index contributed by atoms with van der Waals surface area (Å²) in [6.07, 6.45) is 2.47. The summed E-state index contributed by atoms with van der Waals surface area (Å²) in [5.74, 6) is -0.458. The number of nitrogens with zero attached hydrogens (tertiary/aromatic N) is 4. The molecule has 1 aliphatic heterocycles. The Morgan fingerprint density at radius 3 is 2.69 bits per heavy atom. The lowest BCUT2D eigenvalue weighted by Crippen LogP contribution is -2.41. The van der Waals surface area contributed by atoms with Crippen LogP contribution in [0.4, 0.5) is 16.1 Å². The van der Waals surface area contributed by atoms with Crippen LogP contribution in [0, 0.1) is 5.92 Å². The monoisotopic (exact) mass is 441 g/mol. The Kier molecular flexibility index (Phi) is 5.68. The molecule has 1 N–H and O–H groups in total. The lowest BCUT2D eigenvalue weighted by molar-refractivity contribution is 0.0981. The number of rotatable bonds is 5. The molecule has 1 atom stereocenters. The van der Waals surface area contributed by atoms with Crippen LogP contribution >= 0.6 is 11.8 Å². The summed E-state index contributed by atoms with van der Waals surface area (Å²) in [5.41, 5.74) is -0.110. The fourth-order valence-corrected chi connectivity index (χ4v) is 4.65. The molecular formula is C18H21ClFN5O3S. The number of sulfonamides is 1. The smallest absolute Gasteiger partial charge is 0.281 e. The van der Waals surface area contributed by atoms with E-state index in [0.717, 1.165) is 12.5 Å². The van der Waals surface area contributed by atoms with Gasteiger partial charge >= 0.3 is 0 Å². The second-order valence-corrected chi connectivity index (χ2v) is 9.53. The molecule has 2 aromatic rings. The Morgan fingerprint density at radius 2 is 2.07 bits per heavy atom. The number of carbonyl (C=O) groups is 1. The van der Waals surface area contributed by atoms with Crippen molar-refractivity contribution in [3.05, 3.63) is 42.1 Å². The van der Waals surface area contributed by atoms with Crippen molar-refractivity contribution < 1.29 is 17.7 Å². The highest BCUT2D eigenvalue weighted by atomic mass is 35.5. The van der Waals surface area contributed by atoms with Gasteiger partial charge in [0.05, 0.1) is 5.56 Å². The van der Waals surface area contributed by atoms with E-state index in [0.29, 0.717) is 18.3 Å². The Morgan fingerprint density at radius 1 is 1.34 bits per heavy atom. The number of amides is 1. The first kappa shape index (κ1) is 21.3. The van der Waals surface area contributed by atoms with Gasteiger partial charge in [-0.05, 0) is 50.5 Å². The number of hydrogen-bond donors (Lipinski definition) is 1. The van der Waals surface area contributed by atoms with Gasteiger partial charge < -0.3 is 4.90 Å². The molecule has 2 aromatic heterocycles. The molecule has 1 amide bonds. The van der Waals surface area contributed by atoms with Crippen LogP contribution in [0.3, 0.4) is 0 Å². The van der Waals surface area contributed by atoms with Gasteiger partial charge in [0.25, 0.3) is 15.9 Å². The van der Waals surface area contributed by atoms with E-state index in [4.69, 9.17) is 11.8 Å². The summed E-state index contributed by atoms with van der Waals surface area (Å²) < 4.78 is 39.9. The van der Waals surface area contributed by atoms with Crippen LogP contribution < -0.4 is 14.3 Å². The highest BCUT2D eigenvalue weighted by Crippen LogP contribution is 2.37. The predicted molar refractivity (Wildman–Crippen MR) is 108 cm³/mol. The summed E-state index contributed by atoms with van der Waals surface area (Å²) >= 11 is 5.17. The second kappa shape index (κ2) is 7.75. The van der Waals surface area contributed by atoms with Crippen molar-refractivity contribution >= 4 is 39.3 Å². The normalized spacial score (nSPS) is 18.5. The standard InChI is InChI=1S/C18H21ClFN5O3S/c1-12-10-18(2,3)24(11-12)16-13(6-5-9-21-16)17(26)23-29(27,28)15-8-4-7-14(22-15)25(19)20/h4-9,12H,10-11H2,1-3H3,(H,23,26). The molecule has 0 spiro atoms. The highest BCUT2D eigenvalue weighted by Gasteiger charge is 2.39. The van der Waals surface area contributed by atoms with Crippen molar-refractivity contribution in [1.82, 2.24) is 14.7 Å². The minimum absolute atomic E-state index is 0.124. The first-order valence-electron chi connectivity index (χ1n) is 8.90. The SMILES string of the molecule is CC1CN(c2ncccc2C(=O)NS(=O)(=O)c2cccc(N(F)Cl)n2)C(C)(C)C1. The zero-order valence-corrected chi connectivity index (χ0v) is 17.7. The van der Waals surface area contributed by atoms with E-state index in [2.05, 4.69) is 16.9 Å². The molecule has 3 rings (SSSR count). The number of pyridine rings is 2. The molecule has 1 fully saturated rings. The summed E-state index contributed by atoms with van der Waals surface area (Å²) in [6, 6.07) is 6.65. The lowest BCUT2D eigenvalue weighted by atomic mass is 9.97. The van der Waals surface area contributed by atoms with E-state index in [1.54, 1.807) is 12.3 Å². The minimum Gasteiger partial charge on any atom is -0.351 e. The maximum atomic E-state index is 13.1. The van der Waals surface area contributed by atoms with E-state index in [-0.39, 0.29) is 15.7 Å². The van der Waals surface area contributed by atoms with Crippen LogP contribution in [0.25, 0.3) is 0 Å². The topological polar surface area (TPSA) is 95.5 Å². The molecular weight excluding hydrogens is 421 g/mol. The molecule has 11 heteroatoms. The van der Waals surface area contributed by atoms with Crippen LogP contribution in [-0.2, 0) is 10.0 Å². The molecule has 1 unspecified atom stereocenters. The molecule has 29 heavy (non-hydrogen) atoms. The van der Waals surface area contributed by atoms with Crippen molar-refractivity contribution in [2.45, 2.75) is 37.8 Å². The zero-order chi connectivity index (χ0) is 21.4. The predicted octanol–water partition coefficient (Wildman–Crippen LogP) is 3.06. The Balaban J connectivity index is 1.91. The lowest BCUT2D eigenvalue weighted by Gasteiger charge is -2.33. The maximum absolute atomic E-state index is 13.1.